The van der Waals surface area contributed by atoms with Crippen LogP contribution in [0.15, 0.2) is 66.9 Å². The van der Waals surface area contributed by atoms with E-state index in [1.165, 1.54) is 0 Å². The van der Waals surface area contributed by atoms with Crippen molar-refractivity contribution < 1.29 is 14.3 Å². The molecule has 1 aromatic heterocycles. The van der Waals surface area contributed by atoms with Crippen molar-refractivity contribution in [2.24, 2.45) is 7.05 Å². The summed E-state index contributed by atoms with van der Waals surface area (Å²) in [5.41, 5.74) is 1.08. The number of carbonyl (C=O) groups is 2. The molecule has 8 heteroatoms. The number of carbonyl (C=O) groups excluding carboxylic acids is 2. The molecule has 5 rings (SSSR count). The Kier molecular flexibility index (Phi) is 5.56. The molecule has 2 aliphatic heterocycles. The second-order valence-corrected chi connectivity index (χ2v) is 9.32. The van der Waals surface area contributed by atoms with Crippen LogP contribution in [0.25, 0.3) is 0 Å². The Morgan fingerprint density at radius 1 is 1.09 bits per heavy atom. The summed E-state index contributed by atoms with van der Waals surface area (Å²) in [4.78, 5) is 29.9. The van der Waals surface area contributed by atoms with Crippen molar-refractivity contribution in [2.45, 2.75) is 37.5 Å². The second kappa shape index (κ2) is 8.58. The molecule has 2 fully saturated rings. The van der Waals surface area contributed by atoms with Crippen molar-refractivity contribution in [3.63, 3.8) is 0 Å². The molecule has 178 valence electrons. The fraction of sp³-hybridized carbons (Fsp3) is 0.333. The maximum Gasteiger partial charge on any atom is 0.411 e. The molecule has 2 saturated heterocycles. The first-order chi connectivity index (χ1) is 16.9. The first-order valence-corrected chi connectivity index (χ1v) is 11.7. The number of aromatic nitrogens is 2. The predicted molar refractivity (Wildman–Crippen MR) is 128 cm³/mol. The van der Waals surface area contributed by atoms with Crippen LogP contribution in [-0.4, -0.2) is 50.3 Å². The summed E-state index contributed by atoms with van der Waals surface area (Å²) >= 11 is 0. The summed E-state index contributed by atoms with van der Waals surface area (Å²) in [6.07, 6.45) is 2.34. The van der Waals surface area contributed by atoms with E-state index in [9.17, 15) is 14.9 Å². The first kappa shape index (κ1) is 22.7. The standard InChI is InChI=1S/C27H27N5O3/c1-26(22-10-4-3-5-11-22)27(13-16-31(17-14-27)24(33)23-12-15-30(2)29-23)35-25(34)32(26)19-21-9-7-6-8-20(21)18-28/h3-12,15H,13-14,16-17,19H2,1-2H3. The van der Waals surface area contributed by atoms with E-state index in [2.05, 4.69) is 11.2 Å². The second-order valence-electron chi connectivity index (χ2n) is 9.32. The van der Waals surface area contributed by atoms with Gasteiger partial charge in [-0.2, -0.15) is 10.4 Å². The van der Waals surface area contributed by atoms with Gasteiger partial charge in [-0.3, -0.25) is 14.4 Å². The normalized spacial score (nSPS) is 21.1. The summed E-state index contributed by atoms with van der Waals surface area (Å²) < 4.78 is 7.81. The molecule has 0 bridgehead atoms. The van der Waals surface area contributed by atoms with E-state index < -0.39 is 17.2 Å². The summed E-state index contributed by atoms with van der Waals surface area (Å²) in [5, 5.41) is 13.8. The fourth-order valence-electron chi connectivity index (χ4n) is 5.44. The number of hydrogen-bond acceptors (Lipinski definition) is 5. The van der Waals surface area contributed by atoms with Gasteiger partial charge >= 0.3 is 6.09 Å². The van der Waals surface area contributed by atoms with E-state index in [1.807, 2.05) is 55.5 Å². The van der Waals surface area contributed by atoms with Crippen LogP contribution in [0.4, 0.5) is 4.79 Å². The smallest absolute Gasteiger partial charge is 0.411 e. The van der Waals surface area contributed by atoms with Gasteiger partial charge in [0.15, 0.2) is 0 Å². The Balaban J connectivity index is 1.48. The molecule has 3 aromatic rings. The molecule has 35 heavy (non-hydrogen) atoms. The Morgan fingerprint density at radius 3 is 2.43 bits per heavy atom. The molecule has 2 amide bonds. The summed E-state index contributed by atoms with van der Waals surface area (Å²) in [7, 11) is 1.78. The Bertz CT molecular complexity index is 1300. The number of piperidine rings is 1. The Labute approximate surface area is 204 Å². The van der Waals surface area contributed by atoms with Gasteiger partial charge in [0.2, 0.25) is 0 Å². The molecule has 1 unspecified atom stereocenters. The van der Waals surface area contributed by atoms with E-state index in [4.69, 9.17) is 4.74 Å². The van der Waals surface area contributed by atoms with Crippen molar-refractivity contribution >= 4 is 12.0 Å². The van der Waals surface area contributed by atoms with Gasteiger partial charge < -0.3 is 9.64 Å². The van der Waals surface area contributed by atoms with Gasteiger partial charge in [0.25, 0.3) is 5.91 Å². The summed E-state index contributed by atoms with van der Waals surface area (Å²) in [6, 6.07) is 21.1. The molecule has 0 radical (unpaired) electrons. The van der Waals surface area contributed by atoms with Crippen molar-refractivity contribution in [2.75, 3.05) is 13.1 Å². The molecule has 0 aliphatic carbocycles. The molecular formula is C27H27N5O3. The highest BCUT2D eigenvalue weighted by molar-refractivity contribution is 5.92. The minimum atomic E-state index is -0.812. The number of aryl methyl sites for hydroxylation is 1. The van der Waals surface area contributed by atoms with E-state index in [0.29, 0.717) is 37.2 Å². The molecule has 8 nitrogen and oxygen atoms in total. The lowest BCUT2D eigenvalue weighted by Gasteiger charge is -2.48. The van der Waals surface area contributed by atoms with E-state index in [1.54, 1.807) is 39.9 Å². The lowest BCUT2D eigenvalue weighted by Crippen LogP contribution is -2.58. The monoisotopic (exact) mass is 469 g/mol. The SMILES string of the molecule is Cn1ccc(C(=O)N2CCC3(CC2)OC(=O)N(Cc2ccccc2C#N)C3(C)c2ccccc2)n1. The molecule has 1 atom stereocenters. The maximum absolute atomic E-state index is 13.4. The number of hydrogen-bond donors (Lipinski definition) is 0. The van der Waals surface area contributed by atoms with E-state index in [-0.39, 0.29) is 12.5 Å². The topological polar surface area (TPSA) is 91.5 Å². The third-order valence-electron chi connectivity index (χ3n) is 7.52. The van der Waals surface area contributed by atoms with Gasteiger partial charge in [-0.25, -0.2) is 4.79 Å². The van der Waals surface area contributed by atoms with Crippen LogP contribution >= 0.6 is 0 Å². The van der Waals surface area contributed by atoms with Gasteiger partial charge in [-0.05, 0) is 30.2 Å². The van der Waals surface area contributed by atoms with Crippen molar-refractivity contribution in [1.29, 1.82) is 5.26 Å². The van der Waals surface area contributed by atoms with Crippen LogP contribution in [0, 0.1) is 11.3 Å². The molecule has 0 N–H and O–H groups in total. The number of likely N-dealkylation sites (tertiary alicyclic amines) is 1. The number of nitriles is 1. The third kappa shape index (κ3) is 3.64. The molecule has 3 heterocycles. The molecular weight excluding hydrogens is 442 g/mol. The van der Waals surface area contributed by atoms with Crippen molar-refractivity contribution in [3.05, 3.63) is 89.2 Å². The Morgan fingerprint density at radius 2 is 1.77 bits per heavy atom. The predicted octanol–water partition coefficient (Wildman–Crippen LogP) is 3.83. The number of rotatable bonds is 4. The van der Waals surface area contributed by atoms with Crippen molar-refractivity contribution in [3.8, 4) is 6.07 Å². The van der Waals surface area contributed by atoms with E-state index in [0.717, 1.165) is 11.1 Å². The van der Waals surface area contributed by atoms with Crippen molar-refractivity contribution in [1.82, 2.24) is 19.6 Å². The lowest BCUT2D eigenvalue weighted by molar-refractivity contribution is -0.0552. The number of amides is 2. The molecule has 2 aromatic carbocycles. The third-order valence-corrected chi connectivity index (χ3v) is 7.52. The van der Waals surface area contributed by atoms with Gasteiger partial charge in [0, 0.05) is 39.2 Å². The van der Waals surface area contributed by atoms with Gasteiger partial charge in [0.1, 0.15) is 16.8 Å². The zero-order chi connectivity index (χ0) is 24.6. The minimum absolute atomic E-state index is 0.119. The first-order valence-electron chi connectivity index (χ1n) is 11.7. The molecule has 0 saturated carbocycles. The van der Waals surface area contributed by atoms with Gasteiger partial charge in [0.05, 0.1) is 18.2 Å². The van der Waals surface area contributed by atoms with E-state index >= 15 is 0 Å². The van der Waals surface area contributed by atoms with Crippen LogP contribution in [0.5, 0.6) is 0 Å². The summed E-state index contributed by atoms with van der Waals surface area (Å²) in [6.45, 7) is 3.20. The highest BCUT2D eigenvalue weighted by atomic mass is 16.6. The summed E-state index contributed by atoms with van der Waals surface area (Å²) in [5.74, 6) is -0.119. The average molecular weight is 470 g/mol. The average Bonchev–Trinajstić information content (AvgIpc) is 3.40. The number of benzene rings is 2. The lowest BCUT2D eigenvalue weighted by atomic mass is 9.70. The minimum Gasteiger partial charge on any atom is -0.440 e. The van der Waals surface area contributed by atoms with Crippen LogP contribution in [0.3, 0.4) is 0 Å². The van der Waals surface area contributed by atoms with Gasteiger partial charge in [-0.1, -0.05) is 48.5 Å². The molecule has 1 spiro atoms. The fourth-order valence-corrected chi connectivity index (χ4v) is 5.44. The van der Waals surface area contributed by atoms with Gasteiger partial charge in [-0.15, -0.1) is 0 Å². The zero-order valence-electron chi connectivity index (χ0n) is 19.8. The largest absolute Gasteiger partial charge is 0.440 e. The quantitative estimate of drug-likeness (QED) is 0.579. The van der Waals surface area contributed by atoms with Crippen LogP contribution in [0.2, 0.25) is 0 Å². The zero-order valence-corrected chi connectivity index (χ0v) is 19.8. The highest BCUT2D eigenvalue weighted by Crippen LogP contribution is 2.52. The number of ether oxygens (including phenoxy) is 1. The maximum atomic E-state index is 13.4. The van der Waals surface area contributed by atoms with Crippen LogP contribution in [-0.2, 0) is 23.9 Å². The van der Waals surface area contributed by atoms with Crippen LogP contribution < -0.4 is 0 Å². The Hall–Kier alpha value is -4.12. The molecule has 2 aliphatic rings. The number of nitrogens with zero attached hydrogens (tertiary/aromatic N) is 5. The van der Waals surface area contributed by atoms with Crippen LogP contribution in [0.1, 0.15) is 46.9 Å². The highest BCUT2D eigenvalue weighted by Gasteiger charge is 2.63.